The van der Waals surface area contributed by atoms with Crippen molar-refractivity contribution in [2.75, 3.05) is 14.7 Å². The fourth-order valence-electron chi connectivity index (χ4n) is 11.6. The van der Waals surface area contributed by atoms with Gasteiger partial charge >= 0.3 is 0 Å². The minimum absolute atomic E-state index is 0.0207. The Labute approximate surface area is 404 Å². The van der Waals surface area contributed by atoms with E-state index in [1.165, 1.54) is 98.5 Å². The van der Waals surface area contributed by atoms with Crippen LogP contribution in [-0.4, -0.2) is 6.71 Å². The van der Waals surface area contributed by atoms with Gasteiger partial charge in [0.1, 0.15) is 0 Å². The number of rotatable bonds is 6. The molecule has 326 valence electrons. The van der Waals surface area contributed by atoms with Crippen LogP contribution in [0.5, 0.6) is 0 Å². The standard InChI is InChI=1S/C63H50BN3S/c1-62(2,3)43-32-34-46(35-33-43)66-53-27-18-28-54-58(53)64(61-59(66)50-39-42(41-19-9-6-10-20-41)31-37-51(50)63(61,4)5)52-38-36-47(65(44-21-11-7-12-22-44)45-23-13-8-14-24-45)40-56(52)67(54)55-29-17-26-49-48-25-15-16-30-57(48)68-60(49)55/h6-40H,1-5H3. The summed E-state index contributed by atoms with van der Waals surface area (Å²) in [4.78, 5) is 7.62. The summed E-state index contributed by atoms with van der Waals surface area (Å²) in [7, 11) is 0. The van der Waals surface area contributed by atoms with Gasteiger partial charge in [-0.05, 0) is 117 Å². The fraction of sp³-hybridized carbons (Fsp3) is 0.111. The van der Waals surface area contributed by atoms with Crippen LogP contribution in [0.2, 0.25) is 0 Å². The molecule has 0 saturated heterocycles. The summed E-state index contributed by atoms with van der Waals surface area (Å²) >= 11 is 1.90. The van der Waals surface area contributed by atoms with Crippen LogP contribution in [0.4, 0.5) is 45.5 Å². The molecule has 0 atom stereocenters. The summed E-state index contributed by atoms with van der Waals surface area (Å²) in [6, 6.07) is 79.2. The van der Waals surface area contributed by atoms with Gasteiger partial charge in [-0.2, -0.15) is 0 Å². The number of allylic oxidation sites excluding steroid dienone is 1. The Morgan fingerprint density at radius 2 is 1.12 bits per heavy atom. The second-order valence-electron chi connectivity index (χ2n) is 20.1. The Kier molecular flexibility index (Phi) is 9.10. The van der Waals surface area contributed by atoms with Crippen LogP contribution in [0.1, 0.15) is 51.3 Å². The predicted octanol–water partition coefficient (Wildman–Crippen LogP) is 16.3. The molecular formula is C63H50BN3S. The summed E-state index contributed by atoms with van der Waals surface area (Å²) in [5.41, 5.74) is 20.9. The van der Waals surface area contributed by atoms with E-state index >= 15 is 0 Å². The number of nitrogens with zero attached hydrogens (tertiary/aromatic N) is 3. The van der Waals surface area contributed by atoms with E-state index in [0.29, 0.717) is 0 Å². The first kappa shape index (κ1) is 40.7. The van der Waals surface area contributed by atoms with E-state index in [0.717, 1.165) is 17.1 Å². The van der Waals surface area contributed by atoms with Crippen LogP contribution >= 0.6 is 11.3 Å². The second kappa shape index (κ2) is 15.2. The molecule has 0 fully saturated rings. The number of hydrogen-bond acceptors (Lipinski definition) is 4. The molecule has 0 radical (unpaired) electrons. The molecule has 0 N–H and O–H groups in total. The molecule has 3 heterocycles. The van der Waals surface area contributed by atoms with Crippen molar-refractivity contribution in [2.45, 2.75) is 45.4 Å². The highest BCUT2D eigenvalue weighted by Gasteiger charge is 2.53. The highest BCUT2D eigenvalue weighted by molar-refractivity contribution is 7.26. The second-order valence-corrected chi connectivity index (χ2v) is 21.2. The molecule has 3 aliphatic rings. The highest BCUT2D eigenvalue weighted by Crippen LogP contribution is 2.57. The molecule has 13 rings (SSSR count). The van der Waals surface area contributed by atoms with Crippen LogP contribution in [0.15, 0.2) is 218 Å². The van der Waals surface area contributed by atoms with Gasteiger partial charge in [-0.15, -0.1) is 11.3 Å². The molecule has 9 aromatic carbocycles. The first-order valence-electron chi connectivity index (χ1n) is 23.9. The molecule has 5 heteroatoms. The normalized spacial score (nSPS) is 14.5. The van der Waals surface area contributed by atoms with Crippen LogP contribution in [0.3, 0.4) is 0 Å². The third-order valence-corrected chi connectivity index (χ3v) is 16.0. The third kappa shape index (κ3) is 6.12. The summed E-state index contributed by atoms with van der Waals surface area (Å²) in [6.45, 7) is 11.8. The van der Waals surface area contributed by atoms with Gasteiger partial charge in [-0.3, -0.25) is 0 Å². The molecule has 0 bridgehead atoms. The first-order valence-corrected chi connectivity index (χ1v) is 24.7. The number of thiophene rings is 1. The summed E-state index contributed by atoms with van der Waals surface area (Å²) < 4.78 is 2.59. The molecule has 0 amide bonds. The molecule has 68 heavy (non-hydrogen) atoms. The van der Waals surface area contributed by atoms with Crippen molar-refractivity contribution in [3.8, 4) is 11.1 Å². The summed E-state index contributed by atoms with van der Waals surface area (Å²) in [6.07, 6.45) is 0. The van der Waals surface area contributed by atoms with E-state index in [2.05, 4.69) is 262 Å². The zero-order valence-electron chi connectivity index (χ0n) is 39.0. The van der Waals surface area contributed by atoms with Gasteiger partial charge in [0.2, 0.25) is 6.71 Å². The third-order valence-electron chi connectivity index (χ3n) is 14.8. The average molecular weight is 892 g/mol. The van der Waals surface area contributed by atoms with Gasteiger partial charge in [-0.1, -0.05) is 174 Å². The smallest absolute Gasteiger partial charge is 0.248 e. The summed E-state index contributed by atoms with van der Waals surface area (Å²) in [5, 5.41) is 2.59. The Bertz CT molecular complexity index is 3600. The van der Waals surface area contributed by atoms with Crippen LogP contribution in [0, 0.1) is 0 Å². The molecule has 1 aliphatic carbocycles. The maximum absolute atomic E-state index is 2.61. The van der Waals surface area contributed by atoms with Crippen molar-refractivity contribution in [1.82, 2.24) is 0 Å². The topological polar surface area (TPSA) is 9.72 Å². The Morgan fingerprint density at radius 3 is 1.82 bits per heavy atom. The van der Waals surface area contributed by atoms with Crippen LogP contribution in [-0.2, 0) is 10.8 Å². The van der Waals surface area contributed by atoms with Gasteiger partial charge in [0.15, 0.2) is 0 Å². The van der Waals surface area contributed by atoms with Crippen LogP contribution in [0.25, 0.3) is 37.0 Å². The van der Waals surface area contributed by atoms with E-state index in [9.17, 15) is 0 Å². The largest absolute Gasteiger partial charge is 0.311 e. The number of para-hydroxylation sites is 2. The molecule has 0 saturated carbocycles. The highest BCUT2D eigenvalue weighted by atomic mass is 32.1. The lowest BCUT2D eigenvalue weighted by Gasteiger charge is -2.46. The number of anilines is 8. The van der Waals surface area contributed by atoms with E-state index < -0.39 is 0 Å². The first-order chi connectivity index (χ1) is 33.1. The number of hydrogen-bond donors (Lipinski definition) is 0. The van der Waals surface area contributed by atoms with Crippen molar-refractivity contribution in [3.05, 3.63) is 234 Å². The Hall–Kier alpha value is -7.60. The van der Waals surface area contributed by atoms with Gasteiger partial charge in [0, 0.05) is 72.0 Å². The van der Waals surface area contributed by atoms with Gasteiger partial charge in [0.05, 0.1) is 10.4 Å². The molecule has 2 aliphatic heterocycles. The van der Waals surface area contributed by atoms with Gasteiger partial charge < -0.3 is 14.7 Å². The van der Waals surface area contributed by atoms with E-state index in [4.69, 9.17) is 0 Å². The van der Waals surface area contributed by atoms with Crippen molar-refractivity contribution in [1.29, 1.82) is 0 Å². The molecule has 10 aromatic rings. The molecule has 3 nitrogen and oxygen atoms in total. The van der Waals surface area contributed by atoms with Gasteiger partial charge in [0.25, 0.3) is 0 Å². The van der Waals surface area contributed by atoms with E-state index in [-0.39, 0.29) is 17.5 Å². The zero-order valence-corrected chi connectivity index (χ0v) is 39.9. The fourth-order valence-corrected chi connectivity index (χ4v) is 12.8. The Morgan fingerprint density at radius 1 is 0.500 bits per heavy atom. The molecule has 0 spiro atoms. The number of fused-ring (bicyclic) bond motifs is 8. The minimum Gasteiger partial charge on any atom is -0.311 e. The predicted molar refractivity (Wildman–Crippen MR) is 293 cm³/mol. The lowest BCUT2D eigenvalue weighted by atomic mass is 9.30. The molecular weight excluding hydrogens is 842 g/mol. The number of benzene rings is 9. The average Bonchev–Trinajstić information content (AvgIpc) is 3.86. The van der Waals surface area contributed by atoms with Crippen molar-refractivity contribution < 1.29 is 0 Å². The molecule has 1 aromatic heterocycles. The minimum atomic E-state index is -0.303. The zero-order chi connectivity index (χ0) is 45.9. The maximum Gasteiger partial charge on any atom is 0.248 e. The lowest BCUT2D eigenvalue weighted by Crippen LogP contribution is -2.57. The summed E-state index contributed by atoms with van der Waals surface area (Å²) in [5.74, 6) is 0. The monoisotopic (exact) mass is 891 g/mol. The van der Waals surface area contributed by atoms with Crippen molar-refractivity contribution in [2.24, 2.45) is 0 Å². The SMILES string of the molecule is CC(C)(C)c1ccc(N2C3=C(B4c5ccc(N(c6ccccc6)c6ccccc6)cc5N(c5cccc6c5sc5ccccc56)c5cccc2c54)C(C)(C)c2ccc(-c4ccccc4)cc23)cc1. The van der Waals surface area contributed by atoms with Gasteiger partial charge in [-0.25, -0.2) is 0 Å². The quantitative estimate of drug-likeness (QED) is 0.154. The van der Waals surface area contributed by atoms with Crippen molar-refractivity contribution >= 4 is 100 Å². The van der Waals surface area contributed by atoms with Crippen LogP contribution < -0.4 is 25.6 Å². The van der Waals surface area contributed by atoms with E-state index in [1.54, 1.807) is 0 Å². The van der Waals surface area contributed by atoms with Crippen molar-refractivity contribution in [3.63, 3.8) is 0 Å². The Balaban J connectivity index is 1.12. The lowest BCUT2D eigenvalue weighted by molar-refractivity contribution is 0.590. The van der Waals surface area contributed by atoms with E-state index in [1.807, 2.05) is 11.3 Å². The molecule has 0 unspecified atom stereocenters. The maximum atomic E-state index is 2.61.